The van der Waals surface area contributed by atoms with Crippen molar-refractivity contribution in [1.29, 1.82) is 0 Å². The fourth-order valence-electron chi connectivity index (χ4n) is 3.05. The first kappa shape index (κ1) is 20.6. The van der Waals surface area contributed by atoms with Crippen molar-refractivity contribution < 1.29 is 14.3 Å². The van der Waals surface area contributed by atoms with E-state index in [4.69, 9.17) is 15.2 Å². The second-order valence-corrected chi connectivity index (χ2v) is 6.08. The zero-order chi connectivity index (χ0) is 16.7. The number of benzene rings is 1. The van der Waals surface area contributed by atoms with Crippen molar-refractivity contribution in [3.8, 4) is 11.5 Å². The van der Waals surface area contributed by atoms with Gasteiger partial charge in [-0.3, -0.25) is 4.79 Å². The molecule has 1 aliphatic carbocycles. The molecule has 0 bridgehead atoms. The van der Waals surface area contributed by atoms with Gasteiger partial charge in [-0.05, 0) is 56.7 Å². The highest BCUT2D eigenvalue weighted by molar-refractivity contribution is 5.85. The van der Waals surface area contributed by atoms with Crippen molar-refractivity contribution >= 4 is 18.3 Å². The highest BCUT2D eigenvalue weighted by atomic mass is 35.5. The van der Waals surface area contributed by atoms with Crippen molar-refractivity contribution in [3.63, 3.8) is 0 Å². The molecule has 24 heavy (non-hydrogen) atoms. The summed E-state index contributed by atoms with van der Waals surface area (Å²) in [6.07, 6.45) is 4.51. The summed E-state index contributed by atoms with van der Waals surface area (Å²) in [5.74, 6) is 1.79. The van der Waals surface area contributed by atoms with E-state index < -0.39 is 0 Å². The summed E-state index contributed by atoms with van der Waals surface area (Å²) < 4.78 is 10.9. The number of aryl methyl sites for hydroxylation is 1. The molecule has 0 aliphatic heterocycles. The van der Waals surface area contributed by atoms with Gasteiger partial charge in [-0.25, -0.2) is 0 Å². The Kier molecular flexibility index (Phi) is 8.93. The number of halogens is 1. The molecule has 2 atom stereocenters. The summed E-state index contributed by atoms with van der Waals surface area (Å²) in [6, 6.07) is 6.18. The Hall–Kier alpha value is -1.46. The van der Waals surface area contributed by atoms with E-state index in [-0.39, 0.29) is 30.3 Å². The number of hydrogen-bond acceptors (Lipinski definition) is 4. The number of hydrogen-bond donors (Lipinski definition) is 2. The minimum Gasteiger partial charge on any atom is -0.493 e. The second kappa shape index (κ2) is 10.4. The molecule has 1 amide bonds. The molecule has 3 N–H and O–H groups in total. The highest BCUT2D eigenvalue weighted by Gasteiger charge is 2.27. The lowest BCUT2D eigenvalue weighted by atomic mass is 10.1. The minimum atomic E-state index is 0. The van der Waals surface area contributed by atoms with E-state index in [9.17, 15) is 4.79 Å². The summed E-state index contributed by atoms with van der Waals surface area (Å²) >= 11 is 0. The summed E-state index contributed by atoms with van der Waals surface area (Å²) in [7, 11) is 1.64. The van der Waals surface area contributed by atoms with Gasteiger partial charge >= 0.3 is 0 Å². The maximum absolute atomic E-state index is 12.0. The smallest absolute Gasteiger partial charge is 0.223 e. The Morgan fingerprint density at radius 1 is 1.33 bits per heavy atom. The van der Waals surface area contributed by atoms with Gasteiger partial charge < -0.3 is 20.5 Å². The van der Waals surface area contributed by atoms with Crippen LogP contribution < -0.4 is 20.5 Å². The molecule has 0 saturated heterocycles. The fraction of sp³-hybridized carbons (Fsp3) is 0.611. The predicted molar refractivity (Wildman–Crippen MR) is 98.1 cm³/mol. The highest BCUT2D eigenvalue weighted by Crippen LogP contribution is 2.28. The number of rotatable bonds is 8. The molecule has 1 saturated carbocycles. The van der Waals surface area contributed by atoms with Crippen LogP contribution in [0.4, 0.5) is 0 Å². The summed E-state index contributed by atoms with van der Waals surface area (Å²) in [5, 5.41) is 3.03. The number of nitrogens with two attached hydrogens (primary N) is 1. The van der Waals surface area contributed by atoms with Crippen LogP contribution >= 0.6 is 12.4 Å². The first-order valence-corrected chi connectivity index (χ1v) is 8.47. The van der Waals surface area contributed by atoms with Gasteiger partial charge in [0.25, 0.3) is 0 Å². The number of amides is 1. The molecule has 1 fully saturated rings. The maximum atomic E-state index is 12.0. The molecule has 1 aromatic carbocycles. The molecule has 2 rings (SSSR count). The predicted octanol–water partition coefficient (Wildman–Crippen LogP) is 2.69. The van der Waals surface area contributed by atoms with Crippen molar-refractivity contribution in [2.45, 2.75) is 45.1 Å². The molecule has 2 unspecified atom stereocenters. The van der Waals surface area contributed by atoms with Gasteiger partial charge in [-0.2, -0.15) is 0 Å². The summed E-state index contributed by atoms with van der Waals surface area (Å²) in [6.45, 7) is 3.26. The van der Waals surface area contributed by atoms with E-state index in [0.29, 0.717) is 13.2 Å². The topological polar surface area (TPSA) is 73.6 Å². The normalized spacial score (nSPS) is 19.5. The Morgan fingerprint density at radius 3 is 2.75 bits per heavy atom. The van der Waals surface area contributed by atoms with Crippen molar-refractivity contribution in [3.05, 3.63) is 23.8 Å². The molecule has 5 nitrogen and oxygen atoms in total. The molecule has 1 aromatic rings. The molecule has 1 aliphatic rings. The Balaban J connectivity index is 0.00000288. The number of nitrogens with one attached hydrogen (secondary N) is 1. The lowest BCUT2D eigenvalue weighted by Crippen LogP contribution is -2.31. The number of carbonyl (C=O) groups is 1. The van der Waals surface area contributed by atoms with Crippen LogP contribution in [0.25, 0.3) is 0 Å². The van der Waals surface area contributed by atoms with Crippen LogP contribution in [0.3, 0.4) is 0 Å². The fourth-order valence-corrected chi connectivity index (χ4v) is 3.05. The molecule has 136 valence electrons. The third kappa shape index (κ3) is 5.87. The molecule has 6 heteroatoms. The van der Waals surface area contributed by atoms with Gasteiger partial charge in [0.05, 0.1) is 13.7 Å². The number of methoxy groups -OCH3 is 1. The third-order valence-electron chi connectivity index (χ3n) is 4.31. The first-order valence-electron chi connectivity index (χ1n) is 8.47. The van der Waals surface area contributed by atoms with Gasteiger partial charge in [-0.1, -0.05) is 6.07 Å². The Morgan fingerprint density at radius 2 is 2.12 bits per heavy atom. The first-order chi connectivity index (χ1) is 11.1. The van der Waals surface area contributed by atoms with Gasteiger partial charge in [0.1, 0.15) is 0 Å². The molecule has 0 spiro atoms. The monoisotopic (exact) mass is 356 g/mol. The van der Waals surface area contributed by atoms with E-state index >= 15 is 0 Å². The zero-order valence-electron chi connectivity index (χ0n) is 14.5. The van der Waals surface area contributed by atoms with Crippen LogP contribution in [0, 0.1) is 5.92 Å². The van der Waals surface area contributed by atoms with Crippen molar-refractivity contribution in [2.75, 3.05) is 20.3 Å². The van der Waals surface area contributed by atoms with Gasteiger partial charge in [-0.15, -0.1) is 12.4 Å². The third-order valence-corrected chi connectivity index (χ3v) is 4.31. The van der Waals surface area contributed by atoms with Crippen LogP contribution in [0.5, 0.6) is 11.5 Å². The average Bonchev–Trinajstić information content (AvgIpc) is 2.98. The van der Waals surface area contributed by atoms with E-state index in [2.05, 4.69) is 5.32 Å². The average molecular weight is 357 g/mol. The van der Waals surface area contributed by atoms with Crippen LogP contribution in [0.1, 0.15) is 38.2 Å². The van der Waals surface area contributed by atoms with E-state index in [0.717, 1.165) is 43.6 Å². The quantitative estimate of drug-likeness (QED) is 0.702. The van der Waals surface area contributed by atoms with E-state index in [1.54, 1.807) is 7.11 Å². The van der Waals surface area contributed by atoms with E-state index in [1.807, 2.05) is 25.1 Å². The SMILES string of the molecule is CCOc1cc(CCCNC(=O)C2CCC(N)C2)ccc1OC.Cl. The van der Waals surface area contributed by atoms with Gasteiger partial charge in [0.2, 0.25) is 5.91 Å². The van der Waals surface area contributed by atoms with Crippen LogP contribution in [-0.2, 0) is 11.2 Å². The van der Waals surface area contributed by atoms with Gasteiger partial charge in [0, 0.05) is 18.5 Å². The summed E-state index contributed by atoms with van der Waals surface area (Å²) in [5.41, 5.74) is 7.04. The zero-order valence-corrected chi connectivity index (χ0v) is 15.4. The molecule has 0 heterocycles. The standard InChI is InChI=1S/C18H28N2O3.ClH/c1-3-23-17-11-13(6-9-16(17)22-2)5-4-10-20-18(21)14-7-8-15(19)12-14;/h6,9,11,14-15H,3-5,7-8,10,12,19H2,1-2H3,(H,20,21);1H. The lowest BCUT2D eigenvalue weighted by Gasteiger charge is -2.12. The molecule has 0 radical (unpaired) electrons. The van der Waals surface area contributed by atoms with Crippen LogP contribution in [-0.4, -0.2) is 32.2 Å². The van der Waals surface area contributed by atoms with Crippen molar-refractivity contribution in [2.24, 2.45) is 11.7 Å². The Labute approximate surface area is 150 Å². The van der Waals surface area contributed by atoms with Crippen LogP contribution in [0.2, 0.25) is 0 Å². The Bertz CT molecular complexity index is 525. The number of ether oxygens (including phenoxy) is 2. The number of carbonyl (C=O) groups excluding carboxylic acids is 1. The molecule has 0 aromatic heterocycles. The minimum absolute atomic E-state index is 0. The van der Waals surface area contributed by atoms with Crippen molar-refractivity contribution in [1.82, 2.24) is 5.32 Å². The maximum Gasteiger partial charge on any atom is 0.223 e. The largest absolute Gasteiger partial charge is 0.493 e. The van der Waals surface area contributed by atoms with E-state index in [1.165, 1.54) is 5.56 Å². The van der Waals surface area contributed by atoms with Gasteiger partial charge in [0.15, 0.2) is 11.5 Å². The molecular formula is C18H29ClN2O3. The second-order valence-electron chi connectivity index (χ2n) is 6.08. The summed E-state index contributed by atoms with van der Waals surface area (Å²) in [4.78, 5) is 12.0. The van der Waals surface area contributed by atoms with Crippen LogP contribution in [0.15, 0.2) is 18.2 Å². The lowest BCUT2D eigenvalue weighted by molar-refractivity contribution is -0.124. The molecular weight excluding hydrogens is 328 g/mol.